The summed E-state index contributed by atoms with van der Waals surface area (Å²) in [6.07, 6.45) is 3.83. The second-order valence-electron chi connectivity index (χ2n) is 5.92. The highest BCUT2D eigenvalue weighted by Crippen LogP contribution is 2.10. The first-order valence-electron chi connectivity index (χ1n) is 8.17. The third-order valence-electron chi connectivity index (χ3n) is 3.65. The lowest BCUT2D eigenvalue weighted by atomic mass is 10.1. The average Bonchev–Trinajstić information content (AvgIpc) is 3.05. The first-order chi connectivity index (χ1) is 12.0. The van der Waals surface area contributed by atoms with Crippen LogP contribution in [0.15, 0.2) is 43.2 Å². The molecule has 1 heterocycles. The number of amides is 2. The molecule has 0 bridgehead atoms. The van der Waals surface area contributed by atoms with E-state index in [9.17, 15) is 9.59 Å². The molecule has 2 amide bonds. The van der Waals surface area contributed by atoms with E-state index in [-0.39, 0.29) is 18.2 Å². The molecule has 2 N–H and O–H groups in total. The molecule has 1 aromatic heterocycles. The van der Waals surface area contributed by atoms with Crippen molar-refractivity contribution in [2.24, 2.45) is 0 Å². The molecule has 0 atom stereocenters. The predicted molar refractivity (Wildman–Crippen MR) is 96.1 cm³/mol. The number of anilines is 1. The average molecular weight is 341 g/mol. The van der Waals surface area contributed by atoms with Gasteiger partial charge in [-0.25, -0.2) is 0 Å². The molecule has 0 aliphatic heterocycles. The van der Waals surface area contributed by atoms with E-state index in [2.05, 4.69) is 41.3 Å². The van der Waals surface area contributed by atoms with Gasteiger partial charge in [-0.15, -0.1) is 10.2 Å². The molecule has 132 valence electrons. The van der Waals surface area contributed by atoms with Gasteiger partial charge >= 0.3 is 0 Å². The van der Waals surface area contributed by atoms with Gasteiger partial charge in [0.15, 0.2) is 0 Å². The van der Waals surface area contributed by atoms with Crippen LogP contribution in [-0.2, 0) is 22.4 Å². The smallest absolute Gasteiger partial charge is 0.247 e. The largest absolute Gasteiger partial charge is 0.355 e. The molecule has 0 saturated heterocycles. The second kappa shape index (κ2) is 8.77. The summed E-state index contributed by atoms with van der Waals surface area (Å²) in [5.74, 6) is 0.538. The lowest BCUT2D eigenvalue weighted by molar-refractivity contribution is -0.120. The summed E-state index contributed by atoms with van der Waals surface area (Å²) in [4.78, 5) is 23.3. The van der Waals surface area contributed by atoms with Crippen LogP contribution in [0.25, 0.3) is 0 Å². The number of rotatable bonds is 8. The minimum absolute atomic E-state index is 0.0570. The molecule has 0 spiro atoms. The van der Waals surface area contributed by atoms with Gasteiger partial charge in [-0.1, -0.05) is 18.7 Å². The summed E-state index contributed by atoms with van der Waals surface area (Å²) in [5, 5.41) is 13.5. The van der Waals surface area contributed by atoms with E-state index in [0.717, 1.165) is 11.4 Å². The van der Waals surface area contributed by atoms with Crippen molar-refractivity contribution in [1.29, 1.82) is 0 Å². The van der Waals surface area contributed by atoms with E-state index in [1.807, 2.05) is 16.7 Å². The third-order valence-corrected chi connectivity index (χ3v) is 3.65. The standard InChI is InChI=1S/C18H23N5O2/c1-4-17(24)21-15-7-5-14(6-8-15)11-18(25)19-10-9-16-22-20-12-23(16)13(2)3/h4-8,12-13H,1,9-11H2,2-3H3,(H,19,25)(H,21,24). The van der Waals surface area contributed by atoms with Gasteiger partial charge in [0.25, 0.3) is 0 Å². The van der Waals surface area contributed by atoms with Gasteiger partial charge in [0.1, 0.15) is 12.2 Å². The Bertz CT molecular complexity index is 734. The number of carbonyl (C=O) groups excluding carboxylic acids is 2. The minimum Gasteiger partial charge on any atom is -0.355 e. The molecular formula is C18H23N5O2. The fraction of sp³-hybridized carbons (Fsp3) is 0.333. The number of benzene rings is 1. The molecule has 2 rings (SSSR count). The molecule has 2 aromatic rings. The highest BCUT2D eigenvalue weighted by atomic mass is 16.2. The molecule has 0 saturated carbocycles. The Morgan fingerprint density at radius 1 is 1.28 bits per heavy atom. The van der Waals surface area contributed by atoms with Gasteiger partial charge in [0.05, 0.1) is 6.42 Å². The van der Waals surface area contributed by atoms with E-state index >= 15 is 0 Å². The zero-order valence-electron chi connectivity index (χ0n) is 14.5. The molecule has 7 heteroatoms. The first kappa shape index (κ1) is 18.4. The molecule has 7 nitrogen and oxygen atoms in total. The van der Waals surface area contributed by atoms with E-state index in [4.69, 9.17) is 0 Å². The van der Waals surface area contributed by atoms with Crippen molar-refractivity contribution < 1.29 is 9.59 Å². The molecule has 1 aromatic carbocycles. The van der Waals surface area contributed by atoms with Gasteiger partial charge in [0, 0.05) is 24.7 Å². The number of hydrogen-bond acceptors (Lipinski definition) is 4. The molecule has 0 aliphatic rings. The van der Waals surface area contributed by atoms with Crippen molar-refractivity contribution in [3.63, 3.8) is 0 Å². The van der Waals surface area contributed by atoms with Crippen LogP contribution in [0.1, 0.15) is 31.3 Å². The van der Waals surface area contributed by atoms with Crippen LogP contribution in [0.2, 0.25) is 0 Å². The summed E-state index contributed by atoms with van der Waals surface area (Å²) >= 11 is 0. The lowest BCUT2D eigenvalue weighted by Gasteiger charge is -2.10. The number of nitrogens with one attached hydrogen (secondary N) is 2. The quantitative estimate of drug-likeness (QED) is 0.718. The Kier molecular flexibility index (Phi) is 6.45. The first-order valence-corrected chi connectivity index (χ1v) is 8.17. The summed E-state index contributed by atoms with van der Waals surface area (Å²) < 4.78 is 1.99. The van der Waals surface area contributed by atoms with Crippen LogP contribution >= 0.6 is 0 Å². The van der Waals surface area contributed by atoms with Crippen LogP contribution in [-0.4, -0.2) is 33.1 Å². The van der Waals surface area contributed by atoms with Gasteiger partial charge in [0.2, 0.25) is 11.8 Å². The third kappa shape index (κ3) is 5.56. The zero-order valence-corrected chi connectivity index (χ0v) is 14.5. The number of nitrogens with zero attached hydrogens (tertiary/aromatic N) is 3. The second-order valence-corrected chi connectivity index (χ2v) is 5.92. The highest BCUT2D eigenvalue weighted by molar-refractivity contribution is 5.98. The summed E-state index contributed by atoms with van der Waals surface area (Å²) in [5.41, 5.74) is 1.54. The van der Waals surface area contributed by atoms with Crippen molar-refractivity contribution in [2.75, 3.05) is 11.9 Å². The molecule has 0 unspecified atom stereocenters. The van der Waals surface area contributed by atoms with Crippen molar-refractivity contribution in [3.05, 3.63) is 54.6 Å². The summed E-state index contributed by atoms with van der Waals surface area (Å²) in [6.45, 7) is 8.04. The van der Waals surface area contributed by atoms with Crippen LogP contribution in [0.5, 0.6) is 0 Å². The Balaban J connectivity index is 1.79. The number of hydrogen-bond donors (Lipinski definition) is 2. The molecule has 25 heavy (non-hydrogen) atoms. The molecule has 0 radical (unpaired) electrons. The Hall–Kier alpha value is -2.96. The Morgan fingerprint density at radius 2 is 2.00 bits per heavy atom. The lowest BCUT2D eigenvalue weighted by Crippen LogP contribution is -2.28. The molecule has 0 aliphatic carbocycles. The monoisotopic (exact) mass is 341 g/mol. The number of aromatic nitrogens is 3. The fourth-order valence-electron chi connectivity index (χ4n) is 2.34. The Morgan fingerprint density at radius 3 is 2.64 bits per heavy atom. The van der Waals surface area contributed by atoms with E-state index in [1.165, 1.54) is 6.08 Å². The van der Waals surface area contributed by atoms with Gasteiger partial charge in [-0.05, 0) is 37.6 Å². The SMILES string of the molecule is C=CC(=O)Nc1ccc(CC(=O)NCCc2nncn2C(C)C)cc1. The molecule has 0 fully saturated rings. The van der Waals surface area contributed by atoms with Crippen LogP contribution in [0, 0.1) is 0 Å². The molecular weight excluding hydrogens is 318 g/mol. The summed E-state index contributed by atoms with van der Waals surface area (Å²) in [7, 11) is 0. The maximum absolute atomic E-state index is 12.0. The van der Waals surface area contributed by atoms with E-state index in [0.29, 0.717) is 24.7 Å². The zero-order chi connectivity index (χ0) is 18.2. The van der Waals surface area contributed by atoms with Crippen molar-refractivity contribution in [2.45, 2.75) is 32.7 Å². The van der Waals surface area contributed by atoms with E-state index in [1.54, 1.807) is 18.5 Å². The van der Waals surface area contributed by atoms with Gasteiger partial charge < -0.3 is 15.2 Å². The Labute approximate surface area is 147 Å². The van der Waals surface area contributed by atoms with Crippen molar-refractivity contribution in [1.82, 2.24) is 20.1 Å². The highest BCUT2D eigenvalue weighted by Gasteiger charge is 2.08. The van der Waals surface area contributed by atoms with E-state index < -0.39 is 0 Å². The minimum atomic E-state index is -0.264. The predicted octanol–water partition coefficient (Wildman–Crippen LogP) is 1.88. The summed E-state index contributed by atoms with van der Waals surface area (Å²) in [6, 6.07) is 7.44. The van der Waals surface area contributed by atoms with Crippen LogP contribution < -0.4 is 10.6 Å². The maximum Gasteiger partial charge on any atom is 0.247 e. The maximum atomic E-state index is 12.0. The number of carbonyl (C=O) groups is 2. The fourth-order valence-corrected chi connectivity index (χ4v) is 2.34. The van der Waals surface area contributed by atoms with Gasteiger partial charge in [-0.3, -0.25) is 9.59 Å². The van der Waals surface area contributed by atoms with Crippen molar-refractivity contribution >= 4 is 17.5 Å². The topological polar surface area (TPSA) is 88.9 Å². The van der Waals surface area contributed by atoms with Crippen molar-refractivity contribution in [3.8, 4) is 0 Å². The van der Waals surface area contributed by atoms with Crippen LogP contribution in [0.4, 0.5) is 5.69 Å². The van der Waals surface area contributed by atoms with Crippen LogP contribution in [0.3, 0.4) is 0 Å². The normalized spacial score (nSPS) is 10.5. The van der Waals surface area contributed by atoms with Gasteiger partial charge in [-0.2, -0.15) is 0 Å².